The Hall–Kier alpha value is -2.53. The van der Waals surface area contributed by atoms with Gasteiger partial charge in [0.1, 0.15) is 11.5 Å². The number of hydrogen-bond donors (Lipinski definition) is 1. The Labute approximate surface area is 166 Å². The molecule has 1 aliphatic heterocycles. The molecule has 0 aromatic heterocycles. The molecule has 28 heavy (non-hydrogen) atoms. The van der Waals surface area contributed by atoms with Crippen molar-refractivity contribution >= 4 is 5.97 Å². The van der Waals surface area contributed by atoms with Gasteiger partial charge in [0.2, 0.25) is 0 Å². The fourth-order valence-corrected chi connectivity index (χ4v) is 4.44. The van der Waals surface area contributed by atoms with Gasteiger partial charge in [0.25, 0.3) is 0 Å². The third kappa shape index (κ3) is 2.94. The van der Waals surface area contributed by atoms with Crippen LogP contribution in [0.2, 0.25) is 0 Å². The zero-order valence-corrected chi connectivity index (χ0v) is 17.1. The third-order valence-corrected chi connectivity index (χ3v) is 5.42. The van der Waals surface area contributed by atoms with Crippen molar-refractivity contribution in [2.75, 3.05) is 20.8 Å². The van der Waals surface area contributed by atoms with E-state index in [1.54, 1.807) is 14.2 Å². The molecule has 0 spiro atoms. The maximum absolute atomic E-state index is 13.3. The van der Waals surface area contributed by atoms with Crippen molar-refractivity contribution in [2.24, 2.45) is 0 Å². The number of carbonyl (C=O) groups is 1. The van der Waals surface area contributed by atoms with Gasteiger partial charge in [-0.1, -0.05) is 24.3 Å². The molecule has 4 rings (SSSR count). The molecule has 0 fully saturated rings. The number of rotatable bonds is 3. The normalized spacial score (nSPS) is 20.0. The van der Waals surface area contributed by atoms with Gasteiger partial charge in [0.05, 0.1) is 20.3 Å². The molecule has 2 aromatic carbocycles. The van der Waals surface area contributed by atoms with E-state index in [9.17, 15) is 4.79 Å². The topological polar surface area (TPSA) is 56.8 Å². The van der Waals surface area contributed by atoms with E-state index in [1.807, 2.05) is 45.0 Å². The van der Waals surface area contributed by atoms with Crippen LogP contribution < -0.4 is 14.8 Å². The molecule has 1 heterocycles. The average Bonchev–Trinajstić information content (AvgIpc) is 2.66. The second kappa shape index (κ2) is 6.82. The fourth-order valence-electron chi connectivity index (χ4n) is 4.44. The van der Waals surface area contributed by atoms with Crippen molar-refractivity contribution in [1.29, 1.82) is 0 Å². The van der Waals surface area contributed by atoms with Gasteiger partial charge in [0, 0.05) is 5.56 Å². The van der Waals surface area contributed by atoms with Crippen LogP contribution in [0.3, 0.4) is 0 Å². The lowest BCUT2D eigenvalue weighted by Gasteiger charge is -2.40. The van der Waals surface area contributed by atoms with E-state index in [0.29, 0.717) is 5.75 Å². The number of esters is 1. The standard InChI is InChI=1S/C23H27NO4/c1-23(2,3)28-22(25)19-15-9-7-6-8-14(15)18-17-13(10-11-24-20(17)19)12-16(26-4)21(18)27-5/h6-9,12,19-20,24H,10-11H2,1-5H3. The lowest BCUT2D eigenvalue weighted by Crippen LogP contribution is -2.41. The zero-order valence-electron chi connectivity index (χ0n) is 17.1. The summed E-state index contributed by atoms with van der Waals surface area (Å²) in [6.07, 6.45) is 0.877. The van der Waals surface area contributed by atoms with Crippen LogP contribution >= 0.6 is 0 Å². The molecule has 148 valence electrons. The van der Waals surface area contributed by atoms with Gasteiger partial charge in [-0.05, 0) is 62.1 Å². The summed E-state index contributed by atoms with van der Waals surface area (Å²) < 4.78 is 17.2. The highest BCUT2D eigenvalue weighted by Gasteiger charge is 2.44. The minimum absolute atomic E-state index is 0.150. The number of benzene rings is 2. The molecule has 0 saturated carbocycles. The smallest absolute Gasteiger partial charge is 0.315 e. The van der Waals surface area contributed by atoms with Crippen LogP contribution in [0.1, 0.15) is 49.4 Å². The van der Waals surface area contributed by atoms with Gasteiger partial charge < -0.3 is 19.5 Å². The molecule has 2 unspecified atom stereocenters. The summed E-state index contributed by atoms with van der Waals surface area (Å²) in [7, 11) is 3.32. The Balaban J connectivity index is 1.98. The molecule has 0 saturated heterocycles. The van der Waals surface area contributed by atoms with Crippen LogP contribution in [0.5, 0.6) is 11.5 Å². The van der Waals surface area contributed by atoms with Crippen LogP contribution in [-0.2, 0) is 16.0 Å². The van der Waals surface area contributed by atoms with E-state index in [1.165, 1.54) is 5.56 Å². The summed E-state index contributed by atoms with van der Waals surface area (Å²) in [4.78, 5) is 13.3. The Morgan fingerprint density at radius 2 is 1.89 bits per heavy atom. The maximum Gasteiger partial charge on any atom is 0.315 e. The quantitative estimate of drug-likeness (QED) is 0.815. The van der Waals surface area contributed by atoms with E-state index in [0.717, 1.165) is 41.0 Å². The molecule has 0 radical (unpaired) electrons. The van der Waals surface area contributed by atoms with Crippen LogP contribution in [0.25, 0.3) is 11.1 Å². The second-order valence-electron chi connectivity index (χ2n) is 8.34. The summed E-state index contributed by atoms with van der Waals surface area (Å²) >= 11 is 0. The highest BCUT2D eigenvalue weighted by molar-refractivity contribution is 5.91. The monoisotopic (exact) mass is 381 g/mol. The maximum atomic E-state index is 13.3. The molecular weight excluding hydrogens is 354 g/mol. The average molecular weight is 381 g/mol. The van der Waals surface area contributed by atoms with Gasteiger partial charge in [-0.3, -0.25) is 4.79 Å². The van der Waals surface area contributed by atoms with Gasteiger partial charge in [-0.15, -0.1) is 0 Å². The lowest BCUT2D eigenvalue weighted by molar-refractivity contribution is -0.157. The lowest BCUT2D eigenvalue weighted by atomic mass is 9.71. The van der Waals surface area contributed by atoms with E-state index >= 15 is 0 Å². The van der Waals surface area contributed by atoms with E-state index in [4.69, 9.17) is 14.2 Å². The van der Waals surface area contributed by atoms with Crippen LogP contribution in [0.4, 0.5) is 0 Å². The number of nitrogens with one attached hydrogen (secondary N) is 1. The first-order valence-corrected chi connectivity index (χ1v) is 9.69. The Bertz CT molecular complexity index is 929. The molecule has 0 bridgehead atoms. The Morgan fingerprint density at radius 3 is 2.57 bits per heavy atom. The van der Waals surface area contributed by atoms with Gasteiger partial charge in [-0.25, -0.2) is 0 Å². The number of fused-ring (bicyclic) bond motifs is 2. The molecule has 0 amide bonds. The third-order valence-electron chi connectivity index (χ3n) is 5.42. The first-order chi connectivity index (χ1) is 13.4. The molecule has 5 nitrogen and oxygen atoms in total. The first kappa shape index (κ1) is 18.8. The number of hydrogen-bond acceptors (Lipinski definition) is 5. The fraction of sp³-hybridized carbons (Fsp3) is 0.435. The summed E-state index contributed by atoms with van der Waals surface area (Å²) in [6, 6.07) is 9.93. The van der Waals surface area contributed by atoms with Crippen molar-refractivity contribution in [3.05, 3.63) is 47.0 Å². The number of ether oxygens (including phenoxy) is 3. The van der Waals surface area contributed by atoms with Crippen molar-refractivity contribution in [3.63, 3.8) is 0 Å². The van der Waals surface area contributed by atoms with Crippen LogP contribution in [0, 0.1) is 0 Å². The van der Waals surface area contributed by atoms with E-state index < -0.39 is 11.5 Å². The van der Waals surface area contributed by atoms with Crippen LogP contribution in [-0.4, -0.2) is 32.3 Å². The molecule has 1 N–H and O–H groups in total. The summed E-state index contributed by atoms with van der Waals surface area (Å²) in [6.45, 7) is 6.51. The minimum Gasteiger partial charge on any atom is -0.493 e. The minimum atomic E-state index is -0.540. The molecular formula is C23H27NO4. The molecule has 2 aromatic rings. The first-order valence-electron chi connectivity index (χ1n) is 9.69. The molecule has 1 aliphatic carbocycles. The van der Waals surface area contributed by atoms with Gasteiger partial charge in [0.15, 0.2) is 11.5 Å². The second-order valence-corrected chi connectivity index (χ2v) is 8.34. The molecule has 2 atom stereocenters. The zero-order chi connectivity index (χ0) is 20.1. The van der Waals surface area contributed by atoms with E-state index in [-0.39, 0.29) is 12.0 Å². The highest BCUT2D eigenvalue weighted by atomic mass is 16.6. The van der Waals surface area contributed by atoms with Crippen molar-refractivity contribution in [3.8, 4) is 22.6 Å². The molecule has 5 heteroatoms. The van der Waals surface area contributed by atoms with Crippen LogP contribution in [0.15, 0.2) is 30.3 Å². The predicted molar refractivity (Wildman–Crippen MR) is 108 cm³/mol. The number of methoxy groups -OCH3 is 2. The van der Waals surface area contributed by atoms with Crippen molar-refractivity contribution in [1.82, 2.24) is 5.32 Å². The van der Waals surface area contributed by atoms with Crippen molar-refractivity contribution < 1.29 is 19.0 Å². The summed E-state index contributed by atoms with van der Waals surface area (Å²) in [5, 5.41) is 3.57. The number of carbonyl (C=O) groups excluding carboxylic acids is 1. The molecule has 2 aliphatic rings. The summed E-state index contributed by atoms with van der Waals surface area (Å²) in [5.41, 5.74) is 4.76. The highest BCUT2D eigenvalue weighted by Crippen LogP contribution is 2.54. The Morgan fingerprint density at radius 1 is 1.14 bits per heavy atom. The largest absolute Gasteiger partial charge is 0.493 e. The summed E-state index contributed by atoms with van der Waals surface area (Å²) in [5.74, 6) is 0.832. The van der Waals surface area contributed by atoms with E-state index in [2.05, 4.69) is 11.4 Å². The Kier molecular flexibility index (Phi) is 4.58. The van der Waals surface area contributed by atoms with Gasteiger partial charge >= 0.3 is 5.97 Å². The predicted octanol–water partition coefficient (Wildman–Crippen LogP) is 4.00. The SMILES string of the molecule is COc1cc2c3c(c1OC)-c1ccccc1C(C(=O)OC(C)(C)C)C3NCC2. The van der Waals surface area contributed by atoms with Crippen molar-refractivity contribution in [2.45, 2.75) is 44.8 Å². The van der Waals surface area contributed by atoms with Gasteiger partial charge in [-0.2, -0.15) is 0 Å².